The maximum Gasteiger partial charge on any atom is 0.0951 e. The van der Waals surface area contributed by atoms with E-state index in [1.54, 1.807) is 6.34 Å². The van der Waals surface area contributed by atoms with Gasteiger partial charge in [0.05, 0.1) is 12.0 Å². The Morgan fingerprint density at radius 3 is 3.00 bits per heavy atom. The summed E-state index contributed by atoms with van der Waals surface area (Å²) in [5.74, 6) is 0. The summed E-state index contributed by atoms with van der Waals surface area (Å²) in [6.45, 7) is 6.71. The number of rotatable bonds is 1. The summed E-state index contributed by atoms with van der Waals surface area (Å²) in [6, 6.07) is 0. The molecule has 0 spiro atoms. The molecule has 9 heavy (non-hydrogen) atoms. The number of aliphatic imine (C=N–C) groups is 1. The van der Waals surface area contributed by atoms with Crippen molar-refractivity contribution in [2.75, 3.05) is 6.54 Å². The van der Waals surface area contributed by atoms with Gasteiger partial charge in [-0.15, -0.1) is 0 Å². The van der Waals surface area contributed by atoms with E-state index >= 15 is 0 Å². The van der Waals surface area contributed by atoms with Crippen molar-refractivity contribution in [2.45, 2.75) is 6.92 Å². The topological polar surface area (TPSA) is 15.6 Å². The Balaban J connectivity index is 2.58. The molecular formula is C7H10N2. The minimum Gasteiger partial charge on any atom is -0.339 e. The molecule has 0 fully saturated rings. The Labute approximate surface area is 55.2 Å². The lowest BCUT2D eigenvalue weighted by atomic mass is 10.4. The predicted molar refractivity (Wildman–Crippen MR) is 39.2 cm³/mol. The summed E-state index contributed by atoms with van der Waals surface area (Å²) in [7, 11) is 0. The molecule has 0 atom stereocenters. The minimum absolute atomic E-state index is 0.819. The first kappa shape index (κ1) is 6.08. The molecule has 1 aliphatic heterocycles. The van der Waals surface area contributed by atoms with E-state index in [0.29, 0.717) is 0 Å². The van der Waals surface area contributed by atoms with Gasteiger partial charge >= 0.3 is 0 Å². The fraction of sp³-hybridized carbons (Fsp3) is 0.286. The van der Waals surface area contributed by atoms with E-state index in [2.05, 4.69) is 18.5 Å². The van der Waals surface area contributed by atoms with Crippen molar-refractivity contribution >= 4 is 6.34 Å². The van der Waals surface area contributed by atoms with Crippen LogP contribution in [-0.4, -0.2) is 17.8 Å². The Morgan fingerprint density at radius 2 is 2.56 bits per heavy atom. The molecule has 0 aromatic heterocycles. The number of nitrogens with zero attached hydrogens (tertiary/aromatic N) is 2. The number of hydrogen-bond acceptors (Lipinski definition) is 2. The second-order valence-corrected chi connectivity index (χ2v) is 1.88. The summed E-state index contributed by atoms with van der Waals surface area (Å²) in [4.78, 5) is 6.00. The van der Waals surface area contributed by atoms with Gasteiger partial charge in [0.25, 0.3) is 0 Å². The summed E-state index contributed by atoms with van der Waals surface area (Å²) in [6.07, 6.45) is 5.64. The van der Waals surface area contributed by atoms with Crippen molar-refractivity contribution < 1.29 is 0 Å². The van der Waals surface area contributed by atoms with Crippen molar-refractivity contribution in [2.24, 2.45) is 4.99 Å². The van der Waals surface area contributed by atoms with Gasteiger partial charge < -0.3 is 4.90 Å². The molecule has 0 aliphatic carbocycles. The Bertz CT molecular complexity index is 152. The van der Waals surface area contributed by atoms with Crippen molar-refractivity contribution in [3.63, 3.8) is 0 Å². The average Bonchev–Trinajstić information content (AvgIpc) is 1.90. The monoisotopic (exact) mass is 122 g/mol. The first-order valence-corrected chi connectivity index (χ1v) is 3.00. The molecule has 0 aromatic rings. The molecule has 0 bridgehead atoms. The molecule has 1 rings (SSSR count). The molecule has 1 aliphatic rings. The Kier molecular flexibility index (Phi) is 1.68. The molecular weight excluding hydrogens is 112 g/mol. The van der Waals surface area contributed by atoms with Crippen molar-refractivity contribution in [3.8, 4) is 0 Å². The first-order chi connectivity index (χ1) is 4.33. The van der Waals surface area contributed by atoms with Crippen LogP contribution in [0.1, 0.15) is 6.92 Å². The quantitative estimate of drug-likeness (QED) is 0.513. The summed E-state index contributed by atoms with van der Waals surface area (Å²) >= 11 is 0. The van der Waals surface area contributed by atoms with Gasteiger partial charge in [-0.25, -0.2) is 4.99 Å². The van der Waals surface area contributed by atoms with Crippen LogP contribution in [-0.2, 0) is 0 Å². The molecule has 0 N–H and O–H groups in total. The largest absolute Gasteiger partial charge is 0.339 e. The van der Waals surface area contributed by atoms with Crippen LogP contribution in [0, 0.1) is 0 Å². The van der Waals surface area contributed by atoms with Crippen LogP contribution in [0.2, 0.25) is 0 Å². The first-order valence-electron chi connectivity index (χ1n) is 3.00. The molecule has 0 radical (unpaired) electrons. The van der Waals surface area contributed by atoms with E-state index in [4.69, 9.17) is 0 Å². The SMILES string of the molecule is C=C1C=CN(CC)C=N1. The zero-order valence-corrected chi connectivity index (χ0v) is 5.54. The van der Waals surface area contributed by atoms with Gasteiger partial charge in [0.15, 0.2) is 0 Å². The molecule has 0 saturated carbocycles. The van der Waals surface area contributed by atoms with Crippen molar-refractivity contribution in [1.29, 1.82) is 0 Å². The van der Waals surface area contributed by atoms with Crippen LogP contribution < -0.4 is 0 Å². The van der Waals surface area contributed by atoms with Crippen LogP contribution in [0.5, 0.6) is 0 Å². The standard InChI is InChI=1S/C7H10N2/c1-3-9-5-4-7(2)8-6-9/h4-6H,2-3H2,1H3. The summed E-state index contributed by atoms with van der Waals surface area (Å²) < 4.78 is 0. The number of hydrogen-bond donors (Lipinski definition) is 0. The van der Waals surface area contributed by atoms with E-state index in [1.165, 1.54) is 0 Å². The van der Waals surface area contributed by atoms with Gasteiger partial charge in [0.1, 0.15) is 0 Å². The van der Waals surface area contributed by atoms with Crippen molar-refractivity contribution in [3.05, 3.63) is 24.6 Å². The smallest absolute Gasteiger partial charge is 0.0951 e. The fourth-order valence-electron chi connectivity index (χ4n) is 0.599. The van der Waals surface area contributed by atoms with Gasteiger partial charge in [-0.2, -0.15) is 0 Å². The molecule has 0 unspecified atom stereocenters. The normalized spacial score (nSPS) is 17.0. The van der Waals surface area contributed by atoms with E-state index in [-0.39, 0.29) is 0 Å². The Hall–Kier alpha value is -1.05. The van der Waals surface area contributed by atoms with E-state index in [9.17, 15) is 0 Å². The van der Waals surface area contributed by atoms with Crippen LogP contribution >= 0.6 is 0 Å². The Morgan fingerprint density at radius 1 is 1.78 bits per heavy atom. The average molecular weight is 122 g/mol. The lowest BCUT2D eigenvalue weighted by Crippen LogP contribution is -2.15. The molecule has 48 valence electrons. The summed E-state index contributed by atoms with van der Waals surface area (Å²) in [5.41, 5.74) is 0.819. The third kappa shape index (κ3) is 1.42. The zero-order chi connectivity index (χ0) is 6.69. The van der Waals surface area contributed by atoms with E-state index in [1.807, 2.05) is 17.2 Å². The van der Waals surface area contributed by atoms with E-state index < -0.39 is 0 Å². The third-order valence-electron chi connectivity index (χ3n) is 1.20. The molecule has 0 saturated heterocycles. The van der Waals surface area contributed by atoms with Crippen LogP contribution in [0.25, 0.3) is 0 Å². The predicted octanol–water partition coefficient (Wildman–Crippen LogP) is 1.38. The maximum absolute atomic E-state index is 4.00. The fourth-order valence-corrected chi connectivity index (χ4v) is 0.599. The third-order valence-corrected chi connectivity index (χ3v) is 1.20. The van der Waals surface area contributed by atoms with Gasteiger partial charge in [-0.1, -0.05) is 6.58 Å². The van der Waals surface area contributed by atoms with Gasteiger partial charge in [-0.3, -0.25) is 0 Å². The molecule has 0 aromatic carbocycles. The second-order valence-electron chi connectivity index (χ2n) is 1.88. The lowest BCUT2D eigenvalue weighted by Gasteiger charge is -2.13. The van der Waals surface area contributed by atoms with Crippen LogP contribution in [0.15, 0.2) is 29.5 Å². The summed E-state index contributed by atoms with van der Waals surface area (Å²) in [5, 5.41) is 0. The molecule has 0 amide bonds. The van der Waals surface area contributed by atoms with Crippen molar-refractivity contribution in [1.82, 2.24) is 4.90 Å². The van der Waals surface area contributed by atoms with E-state index in [0.717, 1.165) is 12.2 Å². The zero-order valence-electron chi connectivity index (χ0n) is 5.54. The maximum atomic E-state index is 4.00. The molecule has 1 heterocycles. The highest BCUT2D eigenvalue weighted by molar-refractivity contribution is 5.61. The molecule has 2 heteroatoms. The van der Waals surface area contributed by atoms with Gasteiger partial charge in [0.2, 0.25) is 0 Å². The second kappa shape index (κ2) is 2.49. The van der Waals surface area contributed by atoms with Gasteiger partial charge in [-0.05, 0) is 13.0 Å². The van der Waals surface area contributed by atoms with Crippen LogP contribution in [0.3, 0.4) is 0 Å². The highest BCUT2D eigenvalue weighted by atomic mass is 15.1. The highest BCUT2D eigenvalue weighted by Crippen LogP contribution is 2.01. The molecule has 2 nitrogen and oxygen atoms in total. The highest BCUT2D eigenvalue weighted by Gasteiger charge is 1.94. The van der Waals surface area contributed by atoms with Crippen LogP contribution in [0.4, 0.5) is 0 Å². The minimum atomic E-state index is 0.819. The van der Waals surface area contributed by atoms with Gasteiger partial charge in [0, 0.05) is 12.7 Å². The lowest BCUT2D eigenvalue weighted by molar-refractivity contribution is 0.600. The number of allylic oxidation sites excluding steroid dienone is 1.